The minimum Gasteiger partial charge on any atom is -0.595 e. The van der Waals surface area contributed by atoms with Gasteiger partial charge in [-0.15, -0.1) is 0 Å². The van der Waals surface area contributed by atoms with Crippen LogP contribution in [-0.4, -0.2) is 24.6 Å². The number of nitrogens with zero attached hydrogens (tertiary/aromatic N) is 1. The monoisotopic (exact) mass is 266 g/mol. The molecule has 19 heavy (non-hydrogen) atoms. The van der Waals surface area contributed by atoms with Gasteiger partial charge < -0.3 is 9.94 Å². The molecule has 1 rings (SSSR count). The summed E-state index contributed by atoms with van der Waals surface area (Å²) in [7, 11) is 1.19. The Balaban J connectivity index is 2.65. The lowest BCUT2D eigenvalue weighted by Gasteiger charge is -2.12. The van der Waals surface area contributed by atoms with E-state index in [0.717, 1.165) is 6.20 Å². The lowest BCUT2D eigenvalue weighted by atomic mass is 10.3. The zero-order valence-electron chi connectivity index (χ0n) is 10.2. The van der Waals surface area contributed by atoms with Gasteiger partial charge in [0.2, 0.25) is 0 Å². The number of hydrogen-bond donors (Lipinski definition) is 4. The van der Waals surface area contributed by atoms with E-state index in [4.69, 9.17) is 5.21 Å². The van der Waals surface area contributed by atoms with E-state index in [0.29, 0.717) is 5.69 Å². The van der Waals surface area contributed by atoms with Crippen LogP contribution in [0.1, 0.15) is 0 Å². The lowest BCUT2D eigenvalue weighted by Crippen LogP contribution is -3.03. The summed E-state index contributed by atoms with van der Waals surface area (Å²) in [5.41, 5.74) is 4.89. The number of allylic oxidation sites excluding steroid dienone is 1. The number of carbonyl (C=O) groups excluding carboxylic acids is 1. The van der Waals surface area contributed by atoms with E-state index in [9.17, 15) is 10.0 Å². The average molecular weight is 266 g/mol. The van der Waals surface area contributed by atoms with Gasteiger partial charge >= 0.3 is 6.09 Å². The number of hydrogen-bond acceptors (Lipinski definition) is 6. The molecule has 1 atom stereocenters. The highest BCUT2D eigenvalue weighted by Crippen LogP contribution is 2.08. The van der Waals surface area contributed by atoms with Crippen LogP contribution in [0.5, 0.6) is 0 Å². The predicted octanol–water partition coefficient (Wildman–Crippen LogP) is -0.137. The van der Waals surface area contributed by atoms with Crippen molar-refractivity contribution in [2.24, 2.45) is 4.99 Å². The van der Waals surface area contributed by atoms with Crippen molar-refractivity contribution in [3.8, 4) is 0 Å². The quantitative estimate of drug-likeness (QED) is 0.438. The second-order valence-corrected chi connectivity index (χ2v) is 3.26. The minimum absolute atomic E-state index is 0.125. The molecular weight excluding hydrogens is 252 g/mol. The summed E-state index contributed by atoms with van der Waals surface area (Å²) in [5, 5.41) is 18.7. The van der Waals surface area contributed by atoms with Crippen LogP contribution in [0, 0.1) is 5.21 Å². The van der Waals surface area contributed by atoms with Crippen LogP contribution >= 0.6 is 0 Å². The van der Waals surface area contributed by atoms with Gasteiger partial charge in [-0.2, -0.15) is 5.23 Å². The largest absolute Gasteiger partial charge is 0.595 e. The van der Waals surface area contributed by atoms with E-state index in [2.05, 4.69) is 20.6 Å². The molecule has 8 nitrogen and oxygen atoms in total. The van der Waals surface area contributed by atoms with Crippen molar-refractivity contribution < 1.29 is 20.0 Å². The molecule has 0 bridgehead atoms. The number of benzene rings is 1. The maximum absolute atomic E-state index is 10.9. The van der Waals surface area contributed by atoms with Gasteiger partial charge in [-0.1, -0.05) is 18.2 Å². The fraction of sp³-hybridized carbons (Fsp3) is 0.0909. The molecule has 1 amide bonds. The number of hydrazine groups is 1. The summed E-state index contributed by atoms with van der Waals surface area (Å²) in [6.45, 7) is 0. The molecule has 102 valence electrons. The third-order valence-electron chi connectivity index (χ3n) is 1.94. The Bertz CT molecular complexity index is 459. The van der Waals surface area contributed by atoms with E-state index >= 15 is 0 Å². The lowest BCUT2D eigenvalue weighted by molar-refractivity contribution is -1.01. The number of methoxy groups -OCH3 is 1. The summed E-state index contributed by atoms with van der Waals surface area (Å²) in [4.78, 5) is 14.7. The summed E-state index contributed by atoms with van der Waals surface area (Å²) < 4.78 is 4.30. The van der Waals surface area contributed by atoms with Crippen LogP contribution in [0.3, 0.4) is 0 Å². The molecule has 1 aromatic carbocycles. The number of quaternary nitrogens is 1. The molecule has 0 heterocycles. The Morgan fingerprint density at radius 2 is 2.16 bits per heavy atom. The molecule has 0 aromatic heterocycles. The molecule has 1 aromatic rings. The Kier molecular flexibility index (Phi) is 6.03. The number of carbonyl (C=O) groups is 1. The third-order valence-corrected chi connectivity index (χ3v) is 1.94. The van der Waals surface area contributed by atoms with Crippen LogP contribution < -0.4 is 16.1 Å². The standard InChI is InChI=1S/C11H14N4O4/c1-19-11(16)14-13-8-10(15(17)18)7-12-9-5-3-2-4-6-9/h2-8,13,15,17H,1H3,(H,14,16)/b10-8-,12-7?. The summed E-state index contributed by atoms with van der Waals surface area (Å²) in [5.74, 6) is 0. The Hall–Kier alpha value is -2.42. The molecule has 0 aliphatic carbocycles. The molecule has 0 aliphatic heterocycles. The number of hydroxylamine groups is 2. The van der Waals surface area contributed by atoms with Crippen molar-refractivity contribution in [2.75, 3.05) is 7.11 Å². The fourth-order valence-electron chi connectivity index (χ4n) is 1.04. The van der Waals surface area contributed by atoms with Gasteiger partial charge in [0, 0.05) is 0 Å². The minimum atomic E-state index is -1.18. The van der Waals surface area contributed by atoms with Crippen molar-refractivity contribution in [1.82, 2.24) is 10.9 Å². The van der Waals surface area contributed by atoms with Gasteiger partial charge in [-0.25, -0.2) is 15.4 Å². The van der Waals surface area contributed by atoms with Crippen molar-refractivity contribution in [3.63, 3.8) is 0 Å². The highest BCUT2D eigenvalue weighted by atomic mass is 16.8. The molecule has 1 unspecified atom stereocenters. The van der Waals surface area contributed by atoms with E-state index in [1.807, 2.05) is 6.07 Å². The zero-order valence-corrected chi connectivity index (χ0v) is 10.2. The SMILES string of the molecule is COC(=O)NN/C=C(/C=Nc1ccccc1)[NH+]([O-])O. The number of ether oxygens (including phenoxy) is 1. The normalized spacial score (nSPS) is 13.1. The van der Waals surface area contributed by atoms with Crippen molar-refractivity contribution in [1.29, 1.82) is 0 Å². The van der Waals surface area contributed by atoms with Crippen LogP contribution in [0.4, 0.5) is 10.5 Å². The molecular formula is C11H14N4O4. The summed E-state index contributed by atoms with van der Waals surface area (Å²) in [6, 6.07) is 8.86. The van der Waals surface area contributed by atoms with Crippen LogP contribution in [0.2, 0.25) is 0 Å². The highest BCUT2D eigenvalue weighted by molar-refractivity contribution is 5.77. The molecule has 0 radical (unpaired) electrons. The number of nitrogens with one attached hydrogen (secondary N) is 3. The van der Waals surface area contributed by atoms with E-state index in [1.54, 1.807) is 24.3 Å². The third kappa shape index (κ3) is 5.64. The first kappa shape index (κ1) is 14.6. The van der Waals surface area contributed by atoms with Gasteiger partial charge in [0.05, 0.1) is 25.2 Å². The number of aliphatic imine (C=N–C) groups is 1. The van der Waals surface area contributed by atoms with E-state index in [-0.39, 0.29) is 5.70 Å². The maximum Gasteiger partial charge on any atom is 0.425 e. The van der Waals surface area contributed by atoms with Crippen LogP contribution in [-0.2, 0) is 4.74 Å². The second kappa shape index (κ2) is 7.82. The molecule has 8 heteroatoms. The first-order chi connectivity index (χ1) is 9.13. The summed E-state index contributed by atoms with van der Waals surface area (Å²) in [6.07, 6.45) is 1.52. The molecule has 0 spiro atoms. The van der Waals surface area contributed by atoms with Gasteiger partial charge in [0.25, 0.3) is 0 Å². The van der Waals surface area contributed by atoms with Crippen molar-refractivity contribution >= 4 is 18.0 Å². The molecule has 0 aliphatic rings. The van der Waals surface area contributed by atoms with Crippen LogP contribution in [0.15, 0.2) is 47.2 Å². The average Bonchev–Trinajstić information content (AvgIpc) is 2.43. The van der Waals surface area contributed by atoms with Crippen LogP contribution in [0.25, 0.3) is 0 Å². The summed E-state index contributed by atoms with van der Waals surface area (Å²) >= 11 is 0. The van der Waals surface area contributed by atoms with E-state index in [1.165, 1.54) is 13.3 Å². The first-order valence-electron chi connectivity index (χ1n) is 5.25. The second-order valence-electron chi connectivity index (χ2n) is 3.26. The maximum atomic E-state index is 10.9. The smallest absolute Gasteiger partial charge is 0.425 e. The first-order valence-corrected chi connectivity index (χ1v) is 5.25. The fourth-order valence-corrected chi connectivity index (χ4v) is 1.04. The van der Waals surface area contributed by atoms with Gasteiger partial charge in [-0.3, -0.25) is 10.4 Å². The van der Waals surface area contributed by atoms with Gasteiger partial charge in [-0.05, 0) is 12.1 Å². The highest BCUT2D eigenvalue weighted by Gasteiger charge is 2.02. The molecule has 4 N–H and O–H groups in total. The molecule has 0 fully saturated rings. The topological polar surface area (TPSA) is 110 Å². The van der Waals surface area contributed by atoms with Crippen molar-refractivity contribution in [3.05, 3.63) is 47.4 Å². The molecule has 0 saturated heterocycles. The Labute approximate surface area is 109 Å². The predicted molar refractivity (Wildman–Crippen MR) is 67.5 cm³/mol. The Morgan fingerprint density at radius 1 is 1.47 bits per heavy atom. The van der Waals surface area contributed by atoms with E-state index < -0.39 is 11.3 Å². The number of rotatable bonds is 5. The zero-order chi connectivity index (χ0) is 14.1. The van der Waals surface area contributed by atoms with Gasteiger partial charge in [0.1, 0.15) is 0 Å². The Morgan fingerprint density at radius 3 is 2.74 bits per heavy atom. The van der Waals surface area contributed by atoms with Crippen molar-refractivity contribution in [2.45, 2.75) is 0 Å². The number of amides is 1. The molecule has 0 saturated carbocycles. The number of para-hydroxylation sites is 1. The van der Waals surface area contributed by atoms with Gasteiger partial charge in [0.15, 0.2) is 5.70 Å².